The molecule has 0 bridgehead atoms. The van der Waals surface area contributed by atoms with E-state index in [2.05, 4.69) is 5.32 Å². The van der Waals surface area contributed by atoms with Crippen molar-refractivity contribution in [2.45, 2.75) is 19.8 Å². The molecule has 0 spiro atoms. The summed E-state index contributed by atoms with van der Waals surface area (Å²) in [6.45, 7) is 4.57. The Morgan fingerprint density at radius 1 is 1.11 bits per heavy atom. The Labute approximate surface area is 161 Å². The molecular formula is C20H26N2O4S. The molecular weight excluding hydrogens is 364 g/mol. The van der Waals surface area contributed by atoms with Gasteiger partial charge in [0.25, 0.3) is 0 Å². The largest absolute Gasteiger partial charge is 0.494 e. The highest BCUT2D eigenvalue weighted by atomic mass is 32.2. The van der Waals surface area contributed by atoms with Crippen LogP contribution < -0.4 is 14.4 Å². The zero-order valence-electron chi connectivity index (χ0n) is 15.9. The normalized spacial score (nSPS) is 12.3. The van der Waals surface area contributed by atoms with E-state index in [4.69, 9.17) is 4.74 Å². The maximum atomic E-state index is 12.3. The van der Waals surface area contributed by atoms with E-state index in [1.807, 2.05) is 44.2 Å². The third-order valence-electron chi connectivity index (χ3n) is 4.10. The molecule has 1 amide bonds. The molecule has 27 heavy (non-hydrogen) atoms. The monoisotopic (exact) mass is 390 g/mol. The van der Waals surface area contributed by atoms with Crippen LogP contribution in [0.5, 0.6) is 5.75 Å². The smallest absolute Gasteiger partial charge is 0.240 e. The fourth-order valence-corrected chi connectivity index (χ4v) is 3.48. The molecule has 146 valence electrons. The highest BCUT2D eigenvalue weighted by Crippen LogP contribution is 2.21. The number of benzene rings is 2. The lowest BCUT2D eigenvalue weighted by Gasteiger charge is -2.22. The van der Waals surface area contributed by atoms with Crippen molar-refractivity contribution in [2.24, 2.45) is 0 Å². The topological polar surface area (TPSA) is 75.7 Å². The molecule has 2 aromatic carbocycles. The van der Waals surface area contributed by atoms with Crippen LogP contribution in [0.3, 0.4) is 0 Å². The molecule has 0 aliphatic heterocycles. The highest BCUT2D eigenvalue weighted by molar-refractivity contribution is 7.92. The Hall–Kier alpha value is -2.54. The van der Waals surface area contributed by atoms with E-state index in [1.54, 1.807) is 24.3 Å². The van der Waals surface area contributed by atoms with Gasteiger partial charge in [-0.3, -0.25) is 9.10 Å². The van der Waals surface area contributed by atoms with Crippen molar-refractivity contribution < 1.29 is 17.9 Å². The highest BCUT2D eigenvalue weighted by Gasteiger charge is 2.21. The number of rotatable bonds is 9. The van der Waals surface area contributed by atoms with Gasteiger partial charge in [-0.1, -0.05) is 37.3 Å². The predicted octanol–water partition coefficient (Wildman–Crippen LogP) is 2.77. The molecule has 1 unspecified atom stereocenters. The van der Waals surface area contributed by atoms with Crippen LogP contribution in [0.2, 0.25) is 0 Å². The third kappa shape index (κ3) is 6.29. The molecule has 0 aromatic heterocycles. The lowest BCUT2D eigenvalue weighted by atomic mass is 10.0. The summed E-state index contributed by atoms with van der Waals surface area (Å²) in [6, 6.07) is 16.5. The van der Waals surface area contributed by atoms with Crippen LogP contribution in [0.4, 0.5) is 5.69 Å². The molecule has 0 fully saturated rings. The van der Waals surface area contributed by atoms with Gasteiger partial charge in [0, 0.05) is 6.54 Å². The lowest BCUT2D eigenvalue weighted by Crippen LogP contribution is -2.41. The Morgan fingerprint density at radius 2 is 1.74 bits per heavy atom. The summed E-state index contributed by atoms with van der Waals surface area (Å²) in [6.07, 6.45) is 1.09. The first-order valence-electron chi connectivity index (χ1n) is 8.83. The number of nitrogens with one attached hydrogen (secondary N) is 1. The minimum absolute atomic E-state index is 0.132. The van der Waals surface area contributed by atoms with Gasteiger partial charge in [-0.25, -0.2) is 8.42 Å². The van der Waals surface area contributed by atoms with Gasteiger partial charge in [-0.05, 0) is 42.7 Å². The number of carbonyl (C=O) groups is 1. The third-order valence-corrected chi connectivity index (χ3v) is 5.24. The van der Waals surface area contributed by atoms with Crippen molar-refractivity contribution in [3.8, 4) is 5.75 Å². The van der Waals surface area contributed by atoms with Gasteiger partial charge in [0.2, 0.25) is 15.9 Å². The second-order valence-electron chi connectivity index (χ2n) is 6.31. The lowest BCUT2D eigenvalue weighted by molar-refractivity contribution is -0.119. The minimum Gasteiger partial charge on any atom is -0.494 e. The van der Waals surface area contributed by atoms with Crippen LogP contribution in [0.1, 0.15) is 25.3 Å². The molecule has 0 radical (unpaired) electrons. The summed E-state index contributed by atoms with van der Waals surface area (Å²) in [5.41, 5.74) is 1.54. The van der Waals surface area contributed by atoms with Crippen LogP contribution >= 0.6 is 0 Å². The number of hydrogen-bond donors (Lipinski definition) is 1. The molecule has 1 atom stereocenters. The van der Waals surface area contributed by atoms with Crippen LogP contribution in [-0.2, 0) is 14.8 Å². The number of carbonyl (C=O) groups excluding carboxylic acids is 1. The summed E-state index contributed by atoms with van der Waals surface area (Å²) in [5.74, 6) is 0.431. The van der Waals surface area contributed by atoms with Gasteiger partial charge in [-0.2, -0.15) is 0 Å². The van der Waals surface area contributed by atoms with Gasteiger partial charge in [0.1, 0.15) is 12.3 Å². The summed E-state index contributed by atoms with van der Waals surface area (Å²) in [5, 5.41) is 2.82. The molecule has 6 nitrogen and oxygen atoms in total. The van der Waals surface area contributed by atoms with Gasteiger partial charge >= 0.3 is 0 Å². The zero-order chi connectivity index (χ0) is 19.9. The Balaban J connectivity index is 2.02. The fraction of sp³-hybridized carbons (Fsp3) is 0.350. The summed E-state index contributed by atoms with van der Waals surface area (Å²) in [7, 11) is -3.60. The molecule has 7 heteroatoms. The van der Waals surface area contributed by atoms with Crippen LogP contribution in [0, 0.1) is 0 Å². The number of nitrogens with zero attached hydrogens (tertiary/aromatic N) is 1. The Bertz CT molecular complexity index is 836. The van der Waals surface area contributed by atoms with Gasteiger partial charge < -0.3 is 10.1 Å². The SMILES string of the molecule is CCOc1ccc(N(CC(=O)NCC(C)c2ccccc2)S(C)(=O)=O)cc1. The van der Waals surface area contributed by atoms with Crippen molar-refractivity contribution >= 4 is 21.6 Å². The minimum atomic E-state index is -3.60. The number of ether oxygens (including phenoxy) is 1. The van der Waals surface area contributed by atoms with Crippen LogP contribution in [-0.4, -0.2) is 40.3 Å². The van der Waals surface area contributed by atoms with Crippen molar-refractivity contribution in [3.63, 3.8) is 0 Å². The van der Waals surface area contributed by atoms with Crippen LogP contribution in [0.25, 0.3) is 0 Å². The number of anilines is 1. The van der Waals surface area contributed by atoms with E-state index in [0.717, 1.165) is 16.1 Å². The standard InChI is InChI=1S/C20H26N2O4S/c1-4-26-19-12-10-18(11-13-19)22(27(3,24)25)15-20(23)21-14-16(2)17-8-6-5-7-9-17/h5-13,16H,4,14-15H2,1-3H3,(H,21,23). The average molecular weight is 391 g/mol. The number of amides is 1. The van der Waals surface area contributed by atoms with E-state index in [-0.39, 0.29) is 18.4 Å². The number of hydrogen-bond acceptors (Lipinski definition) is 4. The maximum absolute atomic E-state index is 12.3. The first kappa shape index (κ1) is 20.8. The van der Waals surface area contributed by atoms with E-state index in [0.29, 0.717) is 24.6 Å². The average Bonchev–Trinajstić information content (AvgIpc) is 2.65. The Kier molecular flexibility index (Phi) is 7.24. The first-order chi connectivity index (χ1) is 12.8. The van der Waals surface area contributed by atoms with Gasteiger partial charge in [0.05, 0.1) is 18.6 Å². The first-order valence-corrected chi connectivity index (χ1v) is 10.7. The van der Waals surface area contributed by atoms with E-state index >= 15 is 0 Å². The number of sulfonamides is 1. The maximum Gasteiger partial charge on any atom is 0.240 e. The molecule has 0 saturated carbocycles. The van der Waals surface area contributed by atoms with Crippen molar-refractivity contribution in [1.82, 2.24) is 5.32 Å². The van der Waals surface area contributed by atoms with E-state index < -0.39 is 10.0 Å². The van der Waals surface area contributed by atoms with E-state index in [9.17, 15) is 13.2 Å². The second kappa shape index (κ2) is 9.41. The van der Waals surface area contributed by atoms with Crippen molar-refractivity contribution in [3.05, 3.63) is 60.2 Å². The fourth-order valence-electron chi connectivity index (χ4n) is 2.63. The molecule has 2 rings (SSSR count). The Morgan fingerprint density at radius 3 is 2.30 bits per heavy atom. The molecule has 2 aromatic rings. The second-order valence-corrected chi connectivity index (χ2v) is 8.22. The summed E-state index contributed by atoms with van der Waals surface area (Å²) >= 11 is 0. The summed E-state index contributed by atoms with van der Waals surface area (Å²) in [4.78, 5) is 12.3. The quantitative estimate of drug-likeness (QED) is 0.714. The molecule has 1 N–H and O–H groups in total. The zero-order valence-corrected chi connectivity index (χ0v) is 16.7. The van der Waals surface area contributed by atoms with Crippen molar-refractivity contribution in [2.75, 3.05) is 30.3 Å². The van der Waals surface area contributed by atoms with Gasteiger partial charge in [-0.15, -0.1) is 0 Å². The molecule has 0 aliphatic carbocycles. The van der Waals surface area contributed by atoms with Gasteiger partial charge in [0.15, 0.2) is 0 Å². The van der Waals surface area contributed by atoms with Crippen LogP contribution in [0.15, 0.2) is 54.6 Å². The molecule has 0 saturated heterocycles. The summed E-state index contributed by atoms with van der Waals surface area (Å²) < 4.78 is 30.8. The van der Waals surface area contributed by atoms with Crippen molar-refractivity contribution in [1.29, 1.82) is 0 Å². The molecule has 0 heterocycles. The predicted molar refractivity (Wildman–Crippen MR) is 108 cm³/mol. The molecule has 0 aliphatic rings. The van der Waals surface area contributed by atoms with E-state index in [1.165, 1.54) is 0 Å².